The summed E-state index contributed by atoms with van der Waals surface area (Å²) in [7, 11) is 0.0348. The van der Waals surface area contributed by atoms with Crippen LogP contribution in [0.4, 0.5) is 0 Å². The van der Waals surface area contributed by atoms with Crippen LogP contribution in [0.2, 0.25) is 0 Å². The highest BCUT2D eigenvalue weighted by Gasteiger charge is 2.36. The zero-order valence-corrected chi connectivity index (χ0v) is 36.3. The van der Waals surface area contributed by atoms with E-state index >= 15 is 0 Å². The Balaban J connectivity index is 2.10. The Bertz CT molecular complexity index is 1790. The number of phenolic OH excluding ortho intramolecular Hbond substituents is 1. The Hall–Kier alpha value is -3.13. The first-order chi connectivity index (χ1) is 24.0. The van der Waals surface area contributed by atoms with Crippen molar-refractivity contribution in [1.82, 2.24) is 4.67 Å². The molecule has 4 rings (SSSR count). The zero-order chi connectivity index (χ0) is 39.0. The quantitative estimate of drug-likeness (QED) is 0.212. The molecule has 1 aliphatic rings. The van der Waals surface area contributed by atoms with E-state index in [-0.39, 0.29) is 42.7 Å². The van der Waals surface area contributed by atoms with Crippen LogP contribution >= 0.6 is 8.96 Å². The molecule has 0 saturated heterocycles. The lowest BCUT2D eigenvalue weighted by Crippen LogP contribution is -2.31. The molecule has 0 amide bonds. The lowest BCUT2D eigenvalue weighted by molar-refractivity contribution is 0.306. The molecular weight excluding hydrogens is 654 g/mol. The fraction of sp³-hybridized carbons (Fsp3) is 0.500. The minimum absolute atomic E-state index is 0.0348. The highest BCUT2D eigenvalue weighted by Crippen LogP contribution is 2.54. The Morgan fingerprint density at radius 3 is 1.83 bits per heavy atom. The summed E-state index contributed by atoms with van der Waals surface area (Å²) in [5.74, 6) is 1.25. The van der Waals surface area contributed by atoms with E-state index in [2.05, 4.69) is 188 Å². The van der Waals surface area contributed by atoms with Crippen molar-refractivity contribution >= 4 is 8.96 Å². The molecule has 4 heteroatoms. The first-order valence-electron chi connectivity index (χ1n) is 19.4. The maximum Gasteiger partial charge on any atom is 0.150 e. The maximum atomic E-state index is 12.6. The summed E-state index contributed by atoms with van der Waals surface area (Å²) < 4.78 is 9.94. The largest absolute Gasteiger partial charge is 0.507 e. The summed E-state index contributed by atoms with van der Waals surface area (Å²) in [6, 6.07) is 15.7. The highest BCUT2D eigenvalue weighted by molar-refractivity contribution is 7.29. The topological polar surface area (TPSA) is 32.7 Å². The number of hydrogen-bond donors (Lipinski definition) is 1. The average molecular weight is 722 g/mol. The van der Waals surface area contributed by atoms with E-state index in [9.17, 15) is 5.11 Å². The third-order valence-corrected chi connectivity index (χ3v) is 12.6. The van der Waals surface area contributed by atoms with Crippen LogP contribution in [-0.4, -0.2) is 15.8 Å². The van der Waals surface area contributed by atoms with Gasteiger partial charge in [0.05, 0.1) is 0 Å². The van der Waals surface area contributed by atoms with Crippen LogP contribution in [0.5, 0.6) is 11.5 Å². The number of allylic oxidation sites excluding steroid dienone is 5. The summed E-state index contributed by atoms with van der Waals surface area (Å²) >= 11 is 0. The highest BCUT2D eigenvalue weighted by atomic mass is 31.1. The Morgan fingerprint density at radius 2 is 1.27 bits per heavy atom. The van der Waals surface area contributed by atoms with E-state index < -0.39 is 0 Å². The lowest BCUT2D eigenvalue weighted by atomic mass is 9.71. The minimum atomic E-state index is -0.261. The van der Waals surface area contributed by atoms with E-state index in [0.717, 1.165) is 40.8 Å². The number of aromatic hydroxyl groups is 1. The molecule has 0 bridgehead atoms. The van der Waals surface area contributed by atoms with Gasteiger partial charge in [-0.1, -0.05) is 156 Å². The summed E-state index contributed by atoms with van der Waals surface area (Å²) in [5.41, 5.74) is 10.9. The maximum absolute atomic E-state index is 12.6. The smallest absolute Gasteiger partial charge is 0.150 e. The molecule has 3 nitrogen and oxygen atoms in total. The molecule has 0 heterocycles. The van der Waals surface area contributed by atoms with Crippen molar-refractivity contribution in [2.75, 3.05) is 0 Å². The molecule has 282 valence electrons. The molecule has 3 atom stereocenters. The Labute approximate surface area is 319 Å². The van der Waals surface area contributed by atoms with Crippen LogP contribution in [0.15, 0.2) is 78.4 Å². The van der Waals surface area contributed by atoms with E-state index in [0.29, 0.717) is 5.75 Å². The van der Waals surface area contributed by atoms with Gasteiger partial charge in [0.1, 0.15) is 11.5 Å². The van der Waals surface area contributed by atoms with Crippen LogP contribution < -0.4 is 4.52 Å². The molecular formula is C48H68NO2P. The predicted molar refractivity (Wildman–Crippen MR) is 229 cm³/mol. The molecule has 1 unspecified atom stereocenters. The lowest BCUT2D eigenvalue weighted by Gasteiger charge is -2.38. The second-order valence-corrected chi connectivity index (χ2v) is 19.6. The molecule has 0 spiro atoms. The van der Waals surface area contributed by atoms with E-state index in [4.69, 9.17) is 4.52 Å². The van der Waals surface area contributed by atoms with Crippen molar-refractivity contribution in [3.63, 3.8) is 0 Å². The van der Waals surface area contributed by atoms with Gasteiger partial charge in [0.15, 0.2) is 8.96 Å². The Kier molecular flexibility index (Phi) is 12.6. The third kappa shape index (κ3) is 8.80. The average Bonchev–Trinajstić information content (AvgIpc) is 3.34. The summed E-state index contributed by atoms with van der Waals surface area (Å²) in [6.07, 6.45) is 12.8. The first kappa shape index (κ1) is 41.6. The normalized spacial score (nSPS) is 15.7. The van der Waals surface area contributed by atoms with Gasteiger partial charge >= 0.3 is 0 Å². The van der Waals surface area contributed by atoms with E-state index in [1.54, 1.807) is 0 Å². The predicted octanol–water partition coefficient (Wildman–Crippen LogP) is 14.0. The van der Waals surface area contributed by atoms with Crippen LogP contribution in [0, 0.1) is 13.8 Å². The number of phenols is 1. The number of hydrogen-bond acceptors (Lipinski definition) is 3. The fourth-order valence-electron chi connectivity index (χ4n) is 7.61. The molecule has 3 aromatic carbocycles. The molecule has 52 heavy (non-hydrogen) atoms. The fourth-order valence-corrected chi connectivity index (χ4v) is 8.65. The molecule has 0 saturated carbocycles. The van der Waals surface area contributed by atoms with Gasteiger partial charge < -0.3 is 9.63 Å². The van der Waals surface area contributed by atoms with Crippen molar-refractivity contribution in [3.8, 4) is 22.6 Å². The molecule has 3 aromatic rings. The zero-order valence-electron chi connectivity index (χ0n) is 35.3. The second kappa shape index (κ2) is 15.7. The summed E-state index contributed by atoms with van der Waals surface area (Å²) in [4.78, 5) is 0. The van der Waals surface area contributed by atoms with Gasteiger partial charge in [0, 0.05) is 34.3 Å². The van der Waals surface area contributed by atoms with Crippen molar-refractivity contribution in [1.29, 1.82) is 0 Å². The molecule has 0 aliphatic heterocycles. The van der Waals surface area contributed by atoms with E-state index in [1.165, 1.54) is 33.4 Å². The Morgan fingerprint density at radius 1 is 0.712 bits per heavy atom. The van der Waals surface area contributed by atoms with Gasteiger partial charge in [-0.3, -0.25) is 0 Å². The van der Waals surface area contributed by atoms with Gasteiger partial charge in [-0.05, 0) is 95.6 Å². The minimum Gasteiger partial charge on any atom is -0.507 e. The molecule has 1 N–H and O–H groups in total. The second-order valence-electron chi connectivity index (χ2n) is 18.7. The monoisotopic (exact) mass is 721 g/mol. The van der Waals surface area contributed by atoms with Gasteiger partial charge in [-0.25, -0.2) is 4.67 Å². The molecule has 0 radical (unpaired) electrons. The van der Waals surface area contributed by atoms with Crippen molar-refractivity contribution < 1.29 is 9.63 Å². The summed E-state index contributed by atoms with van der Waals surface area (Å²) in [6.45, 7) is 36.4. The summed E-state index contributed by atoms with van der Waals surface area (Å²) in [5, 5.41) is 12.6. The molecule has 0 aromatic heterocycles. The number of rotatable bonds is 10. The van der Waals surface area contributed by atoms with Crippen molar-refractivity contribution in [2.24, 2.45) is 0 Å². The van der Waals surface area contributed by atoms with Crippen LogP contribution in [0.1, 0.15) is 155 Å². The first-order valence-corrected chi connectivity index (χ1v) is 20.2. The van der Waals surface area contributed by atoms with Crippen molar-refractivity contribution in [3.05, 3.63) is 117 Å². The third-order valence-electron chi connectivity index (χ3n) is 11.3. The van der Waals surface area contributed by atoms with Crippen molar-refractivity contribution in [2.45, 2.75) is 157 Å². The van der Waals surface area contributed by atoms with Gasteiger partial charge in [-0.2, -0.15) is 0 Å². The number of nitrogens with zero attached hydrogens (tertiary/aromatic N) is 1. The SMILES string of the molecule is CCC(C)(C)c1cc(C(C)(C)C)c(OPN([C@H](C)C2=CC=CC=CC2)[C@H](C)c2ccccc2)c(-c2c(C)c(C(C)(C)C)cc(C(C)(C)C)c2O)c1C. The molecule has 1 aliphatic carbocycles. The van der Waals surface area contributed by atoms with Crippen LogP contribution in [0.25, 0.3) is 11.1 Å². The standard InChI is InChI=1S/C48H68NO2P/c1-17-48(15,16)38-30-40(47(12,13)14)44(42(32(38)3)41-31(2)37(45(6,7)8)29-39(43(41)50)46(9,10)11)51-52-49(34(5)36-27-23-20-24-28-36)33(4)35-25-21-18-19-22-26-35/h18-25,27-30,33-34,50,52H,17,26H2,1-16H3/t33-,34-/m1/s1. The number of benzene rings is 3. The van der Waals surface area contributed by atoms with Gasteiger partial charge in [-0.15, -0.1) is 0 Å². The van der Waals surface area contributed by atoms with E-state index in [1.807, 2.05) is 0 Å². The van der Waals surface area contributed by atoms with Crippen LogP contribution in [-0.2, 0) is 21.7 Å². The molecule has 0 fully saturated rings. The van der Waals surface area contributed by atoms with Gasteiger partial charge in [0.2, 0.25) is 0 Å². The van der Waals surface area contributed by atoms with Gasteiger partial charge in [0.25, 0.3) is 0 Å². The van der Waals surface area contributed by atoms with Crippen LogP contribution in [0.3, 0.4) is 0 Å².